The summed E-state index contributed by atoms with van der Waals surface area (Å²) in [6.07, 6.45) is 6.15. The van der Waals surface area contributed by atoms with E-state index >= 15 is 0 Å². The maximum atomic E-state index is 14.8. The number of carbonyl (C=O) groups is 2. The first kappa shape index (κ1) is 26.1. The molecule has 1 aromatic heterocycles. The maximum absolute atomic E-state index is 14.8. The summed E-state index contributed by atoms with van der Waals surface area (Å²) in [5, 5.41) is 0. The predicted molar refractivity (Wildman–Crippen MR) is 135 cm³/mol. The van der Waals surface area contributed by atoms with Crippen LogP contribution >= 0.6 is 0 Å². The first-order valence-corrected chi connectivity index (χ1v) is 13.1. The molecule has 1 aliphatic carbocycles. The summed E-state index contributed by atoms with van der Waals surface area (Å²) < 4.78 is 21.0. The molecule has 2 aromatic rings. The van der Waals surface area contributed by atoms with Gasteiger partial charge in [-0.25, -0.2) is 15.9 Å². The monoisotopic (exact) mass is 493 g/mol. The van der Waals surface area contributed by atoms with Crippen molar-refractivity contribution in [2.75, 3.05) is 0 Å². The van der Waals surface area contributed by atoms with Gasteiger partial charge >= 0.3 is 5.97 Å². The predicted octanol–water partition coefficient (Wildman–Crippen LogP) is 5.81. The lowest BCUT2D eigenvalue weighted by Crippen LogP contribution is -2.52. The molecule has 1 N–H and O–H groups in total. The van der Waals surface area contributed by atoms with Crippen molar-refractivity contribution in [1.82, 2.24) is 9.97 Å². The zero-order valence-electron chi connectivity index (χ0n) is 21.7. The first-order valence-electron chi connectivity index (χ1n) is 13.1. The number of hydrogen-bond donors (Lipinski definition) is 1. The van der Waals surface area contributed by atoms with Gasteiger partial charge in [-0.1, -0.05) is 25.8 Å². The van der Waals surface area contributed by atoms with Gasteiger partial charge in [0.1, 0.15) is 23.2 Å². The highest BCUT2D eigenvalue weighted by atomic mass is 19.1. The Morgan fingerprint density at radius 3 is 2.58 bits per heavy atom. The number of ether oxygens (including phenoxy) is 1. The van der Waals surface area contributed by atoms with Gasteiger partial charge in [-0.05, 0) is 56.2 Å². The van der Waals surface area contributed by atoms with Crippen molar-refractivity contribution in [3.05, 3.63) is 63.8 Å². The molecule has 2 aliphatic rings. The lowest BCUT2D eigenvalue weighted by atomic mass is 9.73. The summed E-state index contributed by atoms with van der Waals surface area (Å²) in [6.45, 7) is 14.7. The topological polar surface area (TPSA) is 76.4 Å². The van der Waals surface area contributed by atoms with E-state index in [2.05, 4.69) is 14.8 Å². The number of rotatable bonds is 8. The van der Waals surface area contributed by atoms with Crippen LogP contribution in [0, 0.1) is 31.1 Å². The van der Waals surface area contributed by atoms with Crippen LogP contribution in [0.2, 0.25) is 0 Å². The largest absolute Gasteiger partial charge is 0.458 e. The Balaban J connectivity index is 1.53. The summed E-state index contributed by atoms with van der Waals surface area (Å²) in [5.41, 5.74) is 0.994. The number of cyclic esters (lactones) is 1. The van der Waals surface area contributed by atoms with E-state index in [9.17, 15) is 14.0 Å². The Morgan fingerprint density at radius 2 is 2.00 bits per heavy atom. The molecule has 1 aliphatic heterocycles. The van der Waals surface area contributed by atoms with Gasteiger partial charge in [0.25, 0.3) is 5.54 Å². The molecule has 2 heterocycles. The van der Waals surface area contributed by atoms with E-state index in [0.717, 1.165) is 54.9 Å². The molecule has 6 nitrogen and oxygen atoms in total. The number of hydrogen-bond acceptors (Lipinski definition) is 4. The minimum absolute atomic E-state index is 0.0843. The van der Waals surface area contributed by atoms with Gasteiger partial charge in [-0.2, -0.15) is 0 Å². The normalized spacial score (nSPS) is 23.1. The number of benzene rings is 1. The van der Waals surface area contributed by atoms with Crippen LogP contribution in [0.3, 0.4) is 0 Å². The number of carbonyl (C=O) groups excluding carboxylic acids is 2. The molecule has 4 rings (SSSR count). The molecule has 36 heavy (non-hydrogen) atoms. The van der Waals surface area contributed by atoms with E-state index in [1.165, 1.54) is 6.07 Å². The quantitative estimate of drug-likeness (QED) is 0.286. The molecule has 0 radical (unpaired) electrons. The third-order valence-electron chi connectivity index (χ3n) is 8.13. The lowest BCUT2D eigenvalue weighted by Gasteiger charge is -2.43. The second-order valence-corrected chi connectivity index (χ2v) is 11.0. The number of aromatic amines is 1. The van der Waals surface area contributed by atoms with E-state index < -0.39 is 28.8 Å². The molecular formula is C29H36FN3O3. The number of Topliss-reactive ketones (excluding diaryl/α,β-unsaturated/α-hetero) is 1. The zero-order valence-corrected chi connectivity index (χ0v) is 21.7. The van der Waals surface area contributed by atoms with E-state index in [0.29, 0.717) is 18.4 Å². The van der Waals surface area contributed by atoms with E-state index in [-0.39, 0.29) is 24.5 Å². The van der Waals surface area contributed by atoms with Crippen LogP contribution in [0.4, 0.5) is 4.39 Å². The van der Waals surface area contributed by atoms with Gasteiger partial charge in [-0.3, -0.25) is 9.59 Å². The van der Waals surface area contributed by atoms with Crippen LogP contribution in [0.15, 0.2) is 18.2 Å². The molecule has 0 amide bonds. The molecule has 0 bridgehead atoms. The van der Waals surface area contributed by atoms with Crippen molar-refractivity contribution in [3.8, 4) is 0 Å². The molecule has 2 fully saturated rings. The van der Waals surface area contributed by atoms with Crippen LogP contribution in [0.25, 0.3) is 4.85 Å². The number of aromatic nitrogens is 2. The molecule has 1 saturated heterocycles. The number of imidazole rings is 1. The summed E-state index contributed by atoms with van der Waals surface area (Å²) in [7, 11) is 0. The van der Waals surface area contributed by atoms with Crippen molar-refractivity contribution in [3.63, 3.8) is 0 Å². The van der Waals surface area contributed by atoms with Crippen molar-refractivity contribution in [2.24, 2.45) is 11.8 Å². The fourth-order valence-corrected chi connectivity index (χ4v) is 5.83. The highest BCUT2D eigenvalue weighted by molar-refractivity contribution is 6.01. The van der Waals surface area contributed by atoms with Gasteiger partial charge in [-0.15, -0.1) is 0 Å². The fourth-order valence-electron chi connectivity index (χ4n) is 5.83. The number of nitrogens with one attached hydrogen (secondary N) is 1. The van der Waals surface area contributed by atoms with Crippen LogP contribution in [0.5, 0.6) is 0 Å². The molecule has 2 atom stereocenters. The maximum Gasteiger partial charge on any atom is 0.317 e. The van der Waals surface area contributed by atoms with Crippen molar-refractivity contribution in [2.45, 2.75) is 96.6 Å². The zero-order chi connectivity index (χ0) is 26.1. The van der Waals surface area contributed by atoms with Gasteiger partial charge in [0, 0.05) is 38.8 Å². The summed E-state index contributed by atoms with van der Waals surface area (Å²) >= 11 is 0. The second-order valence-electron chi connectivity index (χ2n) is 11.0. The Kier molecular flexibility index (Phi) is 7.36. The van der Waals surface area contributed by atoms with Gasteiger partial charge in [0.15, 0.2) is 5.78 Å². The Morgan fingerprint density at radius 1 is 1.28 bits per heavy atom. The average molecular weight is 494 g/mol. The molecule has 1 aromatic carbocycles. The van der Waals surface area contributed by atoms with E-state index in [1.807, 2.05) is 19.9 Å². The number of halogens is 1. The van der Waals surface area contributed by atoms with Crippen molar-refractivity contribution >= 4 is 11.8 Å². The van der Waals surface area contributed by atoms with Crippen LogP contribution in [-0.4, -0.2) is 27.3 Å². The second kappa shape index (κ2) is 10.2. The van der Waals surface area contributed by atoms with E-state index in [4.69, 9.17) is 11.3 Å². The average Bonchev–Trinajstić information content (AvgIpc) is 3.50. The van der Waals surface area contributed by atoms with Gasteiger partial charge in [0.2, 0.25) is 0 Å². The molecule has 1 saturated carbocycles. The Hall–Kier alpha value is -3.01. The fraction of sp³-hybridized carbons (Fsp3) is 0.586. The summed E-state index contributed by atoms with van der Waals surface area (Å²) in [5.74, 6) is -0.800. The molecule has 2 unspecified atom stereocenters. The number of H-pyrrole nitrogens is 1. The van der Waals surface area contributed by atoms with E-state index in [1.54, 1.807) is 19.9 Å². The highest BCUT2D eigenvalue weighted by Crippen LogP contribution is 2.45. The third kappa shape index (κ3) is 5.09. The third-order valence-corrected chi connectivity index (χ3v) is 8.13. The molecular weight excluding hydrogens is 457 g/mol. The standard InChI is InChI=1S/C29H36FN3O3/c1-6-26-32-18(2)24(33-26)16-21-25(34)17-29(36-27(21)35,20-9-7-8-10-20)14-13-19-11-12-22(23(30)15-19)28(3,4)31-5/h11-12,15,20-21H,6-10,13-14,16-17H2,1-4H3,(H,32,33). The minimum Gasteiger partial charge on any atom is -0.458 e. The first-order chi connectivity index (χ1) is 17.1. The number of aryl methyl sites for hydroxylation is 3. The Labute approximate surface area is 212 Å². The van der Waals surface area contributed by atoms with Crippen LogP contribution in [-0.2, 0) is 39.1 Å². The van der Waals surface area contributed by atoms with Gasteiger partial charge in [0.05, 0.1) is 11.3 Å². The SMILES string of the molecule is [C-]#[N+]C(C)(C)c1ccc(CCC2(C3CCCC3)CC(=O)C(Cc3nc(CC)[nH]c3C)C(=O)O2)cc1F. The highest BCUT2D eigenvalue weighted by Gasteiger charge is 2.51. The molecule has 192 valence electrons. The Bertz CT molecular complexity index is 1170. The number of esters is 1. The van der Waals surface area contributed by atoms with Gasteiger partial charge < -0.3 is 14.6 Å². The van der Waals surface area contributed by atoms with Crippen molar-refractivity contribution < 1.29 is 18.7 Å². The summed E-state index contributed by atoms with van der Waals surface area (Å²) in [4.78, 5) is 37.9. The number of ketones is 1. The smallest absolute Gasteiger partial charge is 0.317 e. The molecule has 0 spiro atoms. The lowest BCUT2D eigenvalue weighted by molar-refractivity contribution is -0.185. The van der Waals surface area contributed by atoms with Crippen molar-refractivity contribution in [1.29, 1.82) is 0 Å². The molecule has 7 heteroatoms. The van der Waals surface area contributed by atoms with Crippen LogP contribution < -0.4 is 0 Å². The minimum atomic E-state index is -0.932. The summed E-state index contributed by atoms with van der Waals surface area (Å²) in [6, 6.07) is 5.00. The van der Waals surface area contributed by atoms with Crippen LogP contribution in [0.1, 0.15) is 87.6 Å². The number of nitrogens with zero attached hydrogens (tertiary/aromatic N) is 2.